The number of rotatable bonds is 5. The molecule has 3 amide bonds. The van der Waals surface area contributed by atoms with E-state index in [9.17, 15) is 14.4 Å². The van der Waals surface area contributed by atoms with Crippen molar-refractivity contribution in [3.05, 3.63) is 59.0 Å². The molecule has 0 fully saturated rings. The lowest BCUT2D eigenvalue weighted by Gasteiger charge is -2.06. The van der Waals surface area contributed by atoms with Crippen LogP contribution in [0.3, 0.4) is 0 Å². The summed E-state index contributed by atoms with van der Waals surface area (Å²) in [6.07, 6.45) is 1.47. The Morgan fingerprint density at radius 1 is 1.13 bits per heavy atom. The highest BCUT2D eigenvalue weighted by atomic mass is 35.5. The van der Waals surface area contributed by atoms with Gasteiger partial charge in [-0.3, -0.25) is 10.1 Å². The number of benzene rings is 1. The van der Waals surface area contributed by atoms with Gasteiger partial charge in [-0.15, -0.1) is 0 Å². The Labute approximate surface area is 136 Å². The van der Waals surface area contributed by atoms with Crippen LogP contribution in [0.5, 0.6) is 0 Å². The van der Waals surface area contributed by atoms with Gasteiger partial charge in [0.15, 0.2) is 6.61 Å². The molecule has 2 rings (SSSR count). The van der Waals surface area contributed by atoms with Gasteiger partial charge in [-0.25, -0.2) is 9.59 Å². The average Bonchev–Trinajstić information content (AvgIpc) is 3.05. The van der Waals surface area contributed by atoms with E-state index in [1.54, 1.807) is 12.1 Å². The van der Waals surface area contributed by atoms with Gasteiger partial charge in [0.2, 0.25) is 0 Å². The molecule has 0 saturated carbocycles. The summed E-state index contributed by atoms with van der Waals surface area (Å²) in [5.41, 5.74) is 0.254. The lowest BCUT2D eigenvalue weighted by molar-refractivity contribution is -0.123. The van der Waals surface area contributed by atoms with Crippen molar-refractivity contribution in [1.82, 2.24) is 10.6 Å². The van der Waals surface area contributed by atoms with Crippen LogP contribution in [0.15, 0.2) is 47.1 Å². The Bertz CT molecular complexity index is 682. The monoisotopic (exact) mass is 336 g/mol. The average molecular weight is 337 g/mol. The van der Waals surface area contributed by atoms with Crippen molar-refractivity contribution >= 4 is 29.5 Å². The van der Waals surface area contributed by atoms with E-state index in [2.05, 4.69) is 5.32 Å². The van der Waals surface area contributed by atoms with E-state index in [4.69, 9.17) is 20.8 Å². The van der Waals surface area contributed by atoms with Gasteiger partial charge < -0.3 is 14.5 Å². The summed E-state index contributed by atoms with van der Waals surface area (Å²) in [6, 6.07) is 8.64. The summed E-state index contributed by atoms with van der Waals surface area (Å²) in [6.45, 7) is -0.438. The number of carbonyl (C=O) groups excluding carboxylic acids is 3. The molecular formula is C15H13ClN2O5. The van der Waals surface area contributed by atoms with Crippen LogP contribution in [0.2, 0.25) is 5.02 Å². The van der Waals surface area contributed by atoms with Crippen molar-refractivity contribution in [1.29, 1.82) is 0 Å². The molecule has 0 aliphatic rings. The normalized spacial score (nSPS) is 9.96. The minimum absolute atomic E-state index is 0.136. The summed E-state index contributed by atoms with van der Waals surface area (Å²) in [7, 11) is 0. The Balaban J connectivity index is 1.70. The molecule has 0 unspecified atom stereocenters. The van der Waals surface area contributed by atoms with Gasteiger partial charge in [0, 0.05) is 5.02 Å². The first-order valence-electron chi connectivity index (χ1n) is 6.57. The van der Waals surface area contributed by atoms with Gasteiger partial charge >= 0.3 is 12.0 Å². The fourth-order valence-electron chi connectivity index (χ4n) is 1.59. The van der Waals surface area contributed by atoms with Crippen LogP contribution in [0, 0.1) is 0 Å². The Morgan fingerprint density at radius 3 is 2.52 bits per heavy atom. The first-order chi connectivity index (χ1) is 11.0. The van der Waals surface area contributed by atoms with Crippen LogP contribution in [0.1, 0.15) is 16.1 Å². The molecule has 0 atom stereocenters. The number of halogens is 1. The van der Waals surface area contributed by atoms with E-state index < -0.39 is 24.5 Å². The van der Waals surface area contributed by atoms with E-state index in [0.717, 1.165) is 0 Å². The second-order valence-corrected chi connectivity index (χ2v) is 4.83. The molecular weight excluding hydrogens is 324 g/mol. The van der Waals surface area contributed by atoms with Gasteiger partial charge in [-0.1, -0.05) is 11.6 Å². The third-order valence-electron chi connectivity index (χ3n) is 2.67. The zero-order valence-corrected chi connectivity index (χ0v) is 12.6. The summed E-state index contributed by atoms with van der Waals surface area (Å²) >= 11 is 5.70. The quantitative estimate of drug-likeness (QED) is 0.815. The van der Waals surface area contributed by atoms with Crippen LogP contribution < -0.4 is 10.6 Å². The Hall–Kier alpha value is -2.80. The lowest BCUT2D eigenvalue weighted by atomic mass is 10.2. The molecule has 0 aliphatic heterocycles. The van der Waals surface area contributed by atoms with Crippen molar-refractivity contribution in [2.24, 2.45) is 0 Å². The first kappa shape index (κ1) is 16.6. The Kier molecular flexibility index (Phi) is 5.76. The summed E-state index contributed by atoms with van der Waals surface area (Å²) in [5, 5.41) is 4.93. The van der Waals surface area contributed by atoms with Crippen molar-refractivity contribution in [2.75, 3.05) is 6.61 Å². The van der Waals surface area contributed by atoms with Gasteiger partial charge in [-0.05, 0) is 36.4 Å². The van der Waals surface area contributed by atoms with E-state index >= 15 is 0 Å². The molecule has 1 aromatic carbocycles. The van der Waals surface area contributed by atoms with E-state index in [0.29, 0.717) is 10.8 Å². The molecule has 23 heavy (non-hydrogen) atoms. The smallest absolute Gasteiger partial charge is 0.338 e. The molecule has 0 aliphatic carbocycles. The lowest BCUT2D eigenvalue weighted by Crippen LogP contribution is -2.41. The maximum absolute atomic E-state index is 11.7. The van der Waals surface area contributed by atoms with E-state index in [1.165, 1.54) is 30.5 Å². The van der Waals surface area contributed by atoms with Crippen molar-refractivity contribution < 1.29 is 23.5 Å². The fraction of sp³-hybridized carbons (Fsp3) is 0.133. The van der Waals surface area contributed by atoms with Crippen molar-refractivity contribution in [3.8, 4) is 0 Å². The van der Waals surface area contributed by atoms with Crippen molar-refractivity contribution in [3.63, 3.8) is 0 Å². The van der Waals surface area contributed by atoms with Gasteiger partial charge in [0.1, 0.15) is 5.76 Å². The molecule has 1 aromatic heterocycles. The second-order valence-electron chi connectivity index (χ2n) is 4.39. The predicted molar refractivity (Wildman–Crippen MR) is 80.8 cm³/mol. The van der Waals surface area contributed by atoms with Gasteiger partial charge in [0.05, 0.1) is 18.4 Å². The topological polar surface area (TPSA) is 97.6 Å². The number of nitrogens with one attached hydrogen (secondary N) is 2. The van der Waals surface area contributed by atoms with Crippen LogP contribution in [0.25, 0.3) is 0 Å². The highest BCUT2D eigenvalue weighted by molar-refractivity contribution is 6.30. The maximum Gasteiger partial charge on any atom is 0.338 e. The van der Waals surface area contributed by atoms with Gasteiger partial charge in [0.25, 0.3) is 5.91 Å². The molecule has 1 heterocycles. The predicted octanol–water partition coefficient (Wildman–Crippen LogP) is 2.12. The highest BCUT2D eigenvalue weighted by Gasteiger charge is 2.12. The van der Waals surface area contributed by atoms with Gasteiger partial charge in [-0.2, -0.15) is 0 Å². The number of imide groups is 1. The first-order valence-corrected chi connectivity index (χ1v) is 6.95. The van der Waals surface area contributed by atoms with E-state index in [-0.39, 0.29) is 12.1 Å². The number of urea groups is 1. The standard InChI is InChI=1S/C15H13ClN2O5/c16-11-5-3-10(4-6-11)14(20)23-9-13(19)18-15(21)17-8-12-2-1-7-22-12/h1-7H,8-9H2,(H2,17,18,19,21). The third-order valence-corrected chi connectivity index (χ3v) is 2.92. The second kappa shape index (κ2) is 8.00. The van der Waals surface area contributed by atoms with Crippen molar-refractivity contribution in [2.45, 2.75) is 6.54 Å². The summed E-state index contributed by atoms with van der Waals surface area (Å²) < 4.78 is 9.81. The molecule has 7 nitrogen and oxygen atoms in total. The summed E-state index contributed by atoms with van der Waals surface area (Å²) in [4.78, 5) is 34.6. The molecule has 0 radical (unpaired) electrons. The number of carbonyl (C=O) groups is 3. The molecule has 120 valence electrons. The minimum Gasteiger partial charge on any atom is -0.467 e. The number of amides is 3. The number of ether oxygens (including phenoxy) is 1. The third kappa shape index (κ3) is 5.48. The number of esters is 1. The Morgan fingerprint density at radius 2 is 1.87 bits per heavy atom. The molecule has 2 aromatic rings. The number of furan rings is 1. The van der Waals surface area contributed by atoms with E-state index in [1.807, 2.05) is 5.32 Å². The molecule has 2 N–H and O–H groups in total. The summed E-state index contributed by atoms with van der Waals surface area (Å²) in [5.74, 6) is -0.890. The SMILES string of the molecule is O=C(COC(=O)c1ccc(Cl)cc1)NC(=O)NCc1ccco1. The largest absolute Gasteiger partial charge is 0.467 e. The highest BCUT2D eigenvalue weighted by Crippen LogP contribution is 2.10. The number of hydrogen-bond donors (Lipinski definition) is 2. The minimum atomic E-state index is -0.746. The molecule has 0 spiro atoms. The zero-order valence-electron chi connectivity index (χ0n) is 11.9. The van der Waals surface area contributed by atoms with Crippen LogP contribution in [-0.2, 0) is 16.1 Å². The fourth-order valence-corrected chi connectivity index (χ4v) is 1.71. The van der Waals surface area contributed by atoms with Crippen LogP contribution in [-0.4, -0.2) is 24.5 Å². The molecule has 0 bridgehead atoms. The molecule has 0 saturated heterocycles. The van der Waals surface area contributed by atoms with Crippen LogP contribution >= 0.6 is 11.6 Å². The molecule has 8 heteroatoms. The van der Waals surface area contributed by atoms with Crippen LogP contribution in [0.4, 0.5) is 4.79 Å². The number of hydrogen-bond acceptors (Lipinski definition) is 5. The zero-order chi connectivity index (χ0) is 16.7. The maximum atomic E-state index is 11.7.